The summed E-state index contributed by atoms with van der Waals surface area (Å²) < 4.78 is 0. The second kappa shape index (κ2) is 3.00. The first-order valence-corrected chi connectivity index (χ1v) is 5.19. The molecular formula is C10H20N2. The molecule has 0 aromatic carbocycles. The zero-order valence-electron chi connectivity index (χ0n) is 7.97. The third-order valence-electron chi connectivity index (χ3n) is 3.80. The summed E-state index contributed by atoms with van der Waals surface area (Å²) in [5.74, 6) is 0.859. The summed E-state index contributed by atoms with van der Waals surface area (Å²) >= 11 is 0. The van der Waals surface area contributed by atoms with Crippen molar-refractivity contribution in [2.24, 2.45) is 17.1 Å². The first-order valence-electron chi connectivity index (χ1n) is 5.19. The van der Waals surface area contributed by atoms with E-state index in [-0.39, 0.29) is 0 Å². The zero-order chi connectivity index (χ0) is 8.60. The number of rotatable bonds is 0. The van der Waals surface area contributed by atoms with Crippen LogP contribution in [0.5, 0.6) is 0 Å². The largest absolute Gasteiger partial charge is 0.327 e. The summed E-state index contributed by atoms with van der Waals surface area (Å²) in [4.78, 5) is 0. The van der Waals surface area contributed by atoms with Gasteiger partial charge in [0.15, 0.2) is 0 Å². The number of hydrogen-bond acceptors (Lipinski definition) is 2. The summed E-state index contributed by atoms with van der Waals surface area (Å²) in [6.07, 6.45) is 5.23. The number of hydrogen-bond donors (Lipinski definition) is 2. The van der Waals surface area contributed by atoms with Gasteiger partial charge in [-0.05, 0) is 50.1 Å². The maximum absolute atomic E-state index is 6.21. The smallest absolute Gasteiger partial charge is 0.00991 e. The first kappa shape index (κ1) is 8.52. The molecule has 2 heteroatoms. The molecule has 1 heterocycles. The molecule has 1 spiro atoms. The molecule has 2 nitrogen and oxygen atoms in total. The minimum absolute atomic E-state index is 0.481. The van der Waals surface area contributed by atoms with Gasteiger partial charge in [-0.2, -0.15) is 0 Å². The lowest BCUT2D eigenvalue weighted by Crippen LogP contribution is -2.45. The summed E-state index contributed by atoms with van der Waals surface area (Å²) in [5.41, 5.74) is 6.73. The van der Waals surface area contributed by atoms with Gasteiger partial charge in [0.2, 0.25) is 0 Å². The fourth-order valence-corrected chi connectivity index (χ4v) is 3.11. The highest BCUT2D eigenvalue weighted by Crippen LogP contribution is 2.46. The maximum Gasteiger partial charge on any atom is 0.00991 e. The summed E-state index contributed by atoms with van der Waals surface area (Å²) in [6.45, 7) is 4.71. The fourth-order valence-electron chi connectivity index (χ4n) is 3.11. The van der Waals surface area contributed by atoms with Crippen molar-refractivity contribution in [2.45, 2.75) is 38.6 Å². The number of piperidine rings is 1. The molecule has 1 saturated carbocycles. The Morgan fingerprint density at radius 3 is 2.50 bits per heavy atom. The maximum atomic E-state index is 6.21. The van der Waals surface area contributed by atoms with E-state index in [0.717, 1.165) is 5.92 Å². The lowest BCUT2D eigenvalue weighted by Gasteiger charge is -2.37. The van der Waals surface area contributed by atoms with Crippen molar-refractivity contribution in [3.05, 3.63) is 0 Å². The Kier molecular flexibility index (Phi) is 2.13. The molecule has 0 amide bonds. The van der Waals surface area contributed by atoms with Gasteiger partial charge in [-0.1, -0.05) is 6.92 Å². The van der Waals surface area contributed by atoms with E-state index in [0.29, 0.717) is 11.5 Å². The van der Waals surface area contributed by atoms with E-state index in [1.807, 2.05) is 0 Å². The van der Waals surface area contributed by atoms with Crippen molar-refractivity contribution >= 4 is 0 Å². The van der Waals surface area contributed by atoms with E-state index in [1.54, 1.807) is 0 Å². The Bertz CT molecular complexity index is 161. The van der Waals surface area contributed by atoms with Crippen LogP contribution in [0.2, 0.25) is 0 Å². The van der Waals surface area contributed by atoms with E-state index >= 15 is 0 Å². The summed E-state index contributed by atoms with van der Waals surface area (Å²) in [7, 11) is 0. The van der Waals surface area contributed by atoms with Gasteiger partial charge in [0.25, 0.3) is 0 Å². The van der Waals surface area contributed by atoms with E-state index in [9.17, 15) is 0 Å². The minimum atomic E-state index is 0.481. The third-order valence-corrected chi connectivity index (χ3v) is 3.80. The molecule has 0 aromatic rings. The van der Waals surface area contributed by atoms with Crippen molar-refractivity contribution < 1.29 is 0 Å². The first-order chi connectivity index (χ1) is 5.73. The highest BCUT2D eigenvalue weighted by molar-refractivity contribution is 4.99. The number of nitrogens with two attached hydrogens (primary N) is 1. The van der Waals surface area contributed by atoms with Crippen LogP contribution in [0.4, 0.5) is 0 Å². The van der Waals surface area contributed by atoms with E-state index in [4.69, 9.17) is 5.73 Å². The third kappa shape index (κ3) is 1.27. The highest BCUT2D eigenvalue weighted by atomic mass is 14.9. The second-order valence-corrected chi connectivity index (χ2v) is 4.76. The van der Waals surface area contributed by atoms with Crippen LogP contribution in [-0.4, -0.2) is 19.1 Å². The molecule has 0 aromatic heterocycles. The van der Waals surface area contributed by atoms with E-state index in [1.165, 1.54) is 38.8 Å². The Hall–Kier alpha value is -0.0800. The van der Waals surface area contributed by atoms with Crippen LogP contribution in [0.25, 0.3) is 0 Å². The van der Waals surface area contributed by atoms with Gasteiger partial charge in [0.05, 0.1) is 0 Å². The van der Waals surface area contributed by atoms with Gasteiger partial charge in [0, 0.05) is 6.04 Å². The van der Waals surface area contributed by atoms with Gasteiger partial charge < -0.3 is 11.1 Å². The molecule has 2 rings (SSSR count). The molecule has 70 valence electrons. The molecule has 1 aliphatic carbocycles. The highest BCUT2D eigenvalue weighted by Gasteiger charge is 2.44. The molecule has 2 fully saturated rings. The van der Waals surface area contributed by atoms with Crippen LogP contribution in [0.1, 0.15) is 32.6 Å². The lowest BCUT2D eigenvalue weighted by atomic mass is 9.74. The second-order valence-electron chi connectivity index (χ2n) is 4.76. The lowest BCUT2D eigenvalue weighted by molar-refractivity contribution is 0.179. The minimum Gasteiger partial charge on any atom is -0.327 e. The van der Waals surface area contributed by atoms with Gasteiger partial charge in [0.1, 0.15) is 0 Å². The molecule has 1 saturated heterocycles. The fraction of sp³-hybridized carbons (Fsp3) is 1.00. The Balaban J connectivity index is 2.08. The monoisotopic (exact) mass is 168 g/mol. The molecule has 2 aliphatic rings. The predicted octanol–water partition coefficient (Wildman–Crippen LogP) is 1.11. The van der Waals surface area contributed by atoms with Crippen LogP contribution in [0.3, 0.4) is 0 Å². The van der Waals surface area contributed by atoms with Crippen LogP contribution in [-0.2, 0) is 0 Å². The van der Waals surface area contributed by atoms with Crippen molar-refractivity contribution in [2.75, 3.05) is 13.1 Å². The van der Waals surface area contributed by atoms with Crippen LogP contribution < -0.4 is 11.1 Å². The predicted molar refractivity (Wildman–Crippen MR) is 50.9 cm³/mol. The normalized spacial score (nSPS) is 40.5. The van der Waals surface area contributed by atoms with Gasteiger partial charge >= 0.3 is 0 Å². The molecule has 0 bridgehead atoms. The Labute approximate surface area is 74.9 Å². The average Bonchev–Trinajstić information content (AvgIpc) is 2.29. The van der Waals surface area contributed by atoms with Crippen LogP contribution in [0, 0.1) is 11.3 Å². The molecule has 12 heavy (non-hydrogen) atoms. The Morgan fingerprint density at radius 2 is 2.00 bits per heavy atom. The summed E-state index contributed by atoms with van der Waals surface area (Å²) in [5, 5.41) is 3.42. The van der Waals surface area contributed by atoms with Gasteiger partial charge in [-0.15, -0.1) is 0 Å². The number of nitrogens with one attached hydrogen (secondary N) is 1. The standard InChI is InChI=1S/C10H20N2/c1-8-6-9(11)10(7-8)2-4-12-5-3-10/h8-9,12H,2-7,11H2,1H3/t8-,9+/m1/s1. The van der Waals surface area contributed by atoms with Crippen molar-refractivity contribution in [1.29, 1.82) is 0 Å². The van der Waals surface area contributed by atoms with Crippen LogP contribution in [0.15, 0.2) is 0 Å². The zero-order valence-corrected chi connectivity index (χ0v) is 7.97. The SMILES string of the molecule is C[C@@H]1C[C@H](N)C2(CCNCC2)C1. The quantitative estimate of drug-likeness (QED) is 0.568. The Morgan fingerprint density at radius 1 is 1.33 bits per heavy atom. The van der Waals surface area contributed by atoms with Gasteiger partial charge in [-0.25, -0.2) is 0 Å². The van der Waals surface area contributed by atoms with Gasteiger partial charge in [-0.3, -0.25) is 0 Å². The topological polar surface area (TPSA) is 38.0 Å². The van der Waals surface area contributed by atoms with Crippen molar-refractivity contribution in [1.82, 2.24) is 5.32 Å². The molecule has 0 radical (unpaired) electrons. The van der Waals surface area contributed by atoms with E-state index < -0.39 is 0 Å². The average molecular weight is 168 g/mol. The van der Waals surface area contributed by atoms with E-state index in [2.05, 4.69) is 12.2 Å². The van der Waals surface area contributed by atoms with Crippen LogP contribution >= 0.6 is 0 Å². The molecule has 1 aliphatic heterocycles. The summed E-state index contributed by atoms with van der Waals surface area (Å²) in [6, 6.07) is 0.481. The molecule has 3 N–H and O–H groups in total. The van der Waals surface area contributed by atoms with Crippen molar-refractivity contribution in [3.8, 4) is 0 Å². The molecule has 0 unspecified atom stereocenters. The van der Waals surface area contributed by atoms with Crippen molar-refractivity contribution in [3.63, 3.8) is 0 Å². The molecule has 2 atom stereocenters. The molecular weight excluding hydrogens is 148 g/mol.